The molecule has 3 heteroatoms. The molecule has 0 saturated carbocycles. The Morgan fingerprint density at radius 2 is 2.00 bits per heavy atom. The quantitative estimate of drug-likeness (QED) is 0.791. The van der Waals surface area contributed by atoms with Crippen molar-refractivity contribution in [2.24, 2.45) is 0 Å². The van der Waals surface area contributed by atoms with Gasteiger partial charge in [0.2, 0.25) is 0 Å². The first-order chi connectivity index (χ1) is 7.92. The third-order valence-corrected chi connectivity index (χ3v) is 4.00. The summed E-state index contributed by atoms with van der Waals surface area (Å²) in [5.41, 5.74) is 0. The molecule has 2 saturated heterocycles. The number of nitrogens with zero attached hydrogens (tertiary/aromatic N) is 1. The first kappa shape index (κ1) is 12.3. The van der Waals surface area contributed by atoms with E-state index in [1.54, 1.807) is 0 Å². The van der Waals surface area contributed by atoms with E-state index in [-0.39, 0.29) is 0 Å². The van der Waals surface area contributed by atoms with Gasteiger partial charge in [0, 0.05) is 31.8 Å². The lowest BCUT2D eigenvalue weighted by atomic mass is 10.00. The van der Waals surface area contributed by atoms with Gasteiger partial charge in [0.1, 0.15) is 0 Å². The van der Waals surface area contributed by atoms with E-state index in [9.17, 15) is 0 Å². The minimum absolute atomic E-state index is 0.761. The van der Waals surface area contributed by atoms with Gasteiger partial charge in [-0.25, -0.2) is 0 Å². The van der Waals surface area contributed by atoms with Gasteiger partial charge in [-0.05, 0) is 45.2 Å². The first-order valence-electron chi connectivity index (χ1n) is 6.96. The van der Waals surface area contributed by atoms with Gasteiger partial charge in [0.25, 0.3) is 0 Å². The Labute approximate surface area is 99.5 Å². The molecule has 0 radical (unpaired) electrons. The van der Waals surface area contributed by atoms with Crippen molar-refractivity contribution in [3.8, 4) is 0 Å². The zero-order valence-electron chi connectivity index (χ0n) is 10.6. The molecular formula is C13H26N2O. The Kier molecular flexibility index (Phi) is 5.07. The monoisotopic (exact) mass is 226 g/mol. The Hall–Kier alpha value is -0.120. The lowest BCUT2D eigenvalue weighted by molar-refractivity contribution is 0.0962. The Morgan fingerprint density at radius 1 is 1.12 bits per heavy atom. The highest BCUT2D eigenvalue weighted by atomic mass is 16.5. The molecule has 94 valence electrons. The van der Waals surface area contributed by atoms with Crippen LogP contribution in [-0.4, -0.2) is 49.8 Å². The number of hydrogen-bond acceptors (Lipinski definition) is 3. The highest BCUT2D eigenvalue weighted by molar-refractivity contribution is 4.83. The highest BCUT2D eigenvalue weighted by Crippen LogP contribution is 2.20. The average molecular weight is 226 g/mol. The van der Waals surface area contributed by atoms with Crippen molar-refractivity contribution in [3.63, 3.8) is 0 Å². The predicted molar refractivity (Wildman–Crippen MR) is 66.7 cm³/mol. The van der Waals surface area contributed by atoms with Crippen molar-refractivity contribution in [1.82, 2.24) is 10.2 Å². The molecule has 1 N–H and O–H groups in total. The number of nitrogens with one attached hydrogen (secondary N) is 1. The molecule has 2 aliphatic rings. The summed E-state index contributed by atoms with van der Waals surface area (Å²) in [5, 5.41) is 3.53. The topological polar surface area (TPSA) is 24.5 Å². The number of piperidine rings is 1. The summed E-state index contributed by atoms with van der Waals surface area (Å²) in [6.45, 7) is 7.82. The first-order valence-corrected chi connectivity index (χ1v) is 6.96. The van der Waals surface area contributed by atoms with Crippen LogP contribution in [0.4, 0.5) is 0 Å². The molecule has 2 heterocycles. The molecule has 2 atom stereocenters. The summed E-state index contributed by atoms with van der Waals surface area (Å²) in [4.78, 5) is 2.72. The summed E-state index contributed by atoms with van der Waals surface area (Å²) >= 11 is 0. The van der Waals surface area contributed by atoms with Crippen LogP contribution in [0.1, 0.15) is 39.0 Å². The summed E-state index contributed by atoms with van der Waals surface area (Å²) in [6.07, 6.45) is 6.50. The van der Waals surface area contributed by atoms with Gasteiger partial charge in [0.15, 0.2) is 0 Å². The van der Waals surface area contributed by atoms with Crippen molar-refractivity contribution in [3.05, 3.63) is 0 Å². The predicted octanol–water partition coefficient (Wildman–Crippen LogP) is 1.63. The summed E-state index contributed by atoms with van der Waals surface area (Å²) in [7, 11) is 0. The molecule has 0 bridgehead atoms. The van der Waals surface area contributed by atoms with Crippen molar-refractivity contribution < 1.29 is 4.74 Å². The van der Waals surface area contributed by atoms with Crippen molar-refractivity contribution >= 4 is 0 Å². The molecule has 0 aliphatic carbocycles. The molecule has 0 aromatic rings. The van der Waals surface area contributed by atoms with Crippen LogP contribution >= 0.6 is 0 Å². The lowest BCUT2D eigenvalue weighted by Crippen LogP contribution is -2.50. The van der Waals surface area contributed by atoms with Gasteiger partial charge >= 0.3 is 0 Å². The van der Waals surface area contributed by atoms with E-state index in [1.165, 1.54) is 51.7 Å². The minimum Gasteiger partial charge on any atom is -0.381 e. The molecule has 0 spiro atoms. The fourth-order valence-electron chi connectivity index (χ4n) is 3.15. The van der Waals surface area contributed by atoms with E-state index in [0.717, 1.165) is 25.3 Å². The standard InChI is InChI=1S/C13H26N2O/c1-2-15(13-5-3-8-14-11-13)12-6-4-9-16-10-7-12/h12-14H,2-11H2,1H3. The molecular weight excluding hydrogens is 200 g/mol. The second-order valence-corrected chi connectivity index (χ2v) is 5.03. The summed E-state index contributed by atoms with van der Waals surface area (Å²) in [5.74, 6) is 0. The van der Waals surface area contributed by atoms with Crippen molar-refractivity contribution in [1.29, 1.82) is 0 Å². The Balaban J connectivity index is 1.90. The smallest absolute Gasteiger partial charge is 0.0480 e. The average Bonchev–Trinajstić information content (AvgIpc) is 2.61. The van der Waals surface area contributed by atoms with Crippen molar-refractivity contribution in [2.75, 3.05) is 32.8 Å². The second kappa shape index (κ2) is 6.58. The fourth-order valence-corrected chi connectivity index (χ4v) is 3.15. The number of rotatable bonds is 3. The minimum atomic E-state index is 0.761. The van der Waals surface area contributed by atoms with Crippen molar-refractivity contribution in [2.45, 2.75) is 51.1 Å². The van der Waals surface area contributed by atoms with Crippen LogP contribution in [0, 0.1) is 0 Å². The summed E-state index contributed by atoms with van der Waals surface area (Å²) < 4.78 is 5.56. The van der Waals surface area contributed by atoms with Crippen LogP contribution in [0.15, 0.2) is 0 Å². The maximum Gasteiger partial charge on any atom is 0.0480 e. The second-order valence-electron chi connectivity index (χ2n) is 5.03. The van der Waals surface area contributed by atoms with E-state index in [2.05, 4.69) is 17.1 Å². The van der Waals surface area contributed by atoms with Crippen LogP contribution in [0.2, 0.25) is 0 Å². The molecule has 2 fully saturated rings. The molecule has 3 nitrogen and oxygen atoms in total. The van der Waals surface area contributed by atoms with Gasteiger partial charge in [-0.3, -0.25) is 4.90 Å². The van der Waals surface area contributed by atoms with Crippen LogP contribution in [-0.2, 0) is 4.74 Å². The van der Waals surface area contributed by atoms with Crippen LogP contribution in [0.3, 0.4) is 0 Å². The summed E-state index contributed by atoms with van der Waals surface area (Å²) in [6, 6.07) is 1.53. The molecule has 2 unspecified atom stereocenters. The van der Waals surface area contributed by atoms with Gasteiger partial charge < -0.3 is 10.1 Å². The van der Waals surface area contributed by atoms with Gasteiger partial charge in [0.05, 0.1) is 0 Å². The fraction of sp³-hybridized carbons (Fsp3) is 1.00. The Morgan fingerprint density at radius 3 is 2.75 bits per heavy atom. The van der Waals surface area contributed by atoms with E-state index in [0.29, 0.717) is 0 Å². The largest absolute Gasteiger partial charge is 0.381 e. The molecule has 2 aliphatic heterocycles. The normalized spacial score (nSPS) is 32.6. The van der Waals surface area contributed by atoms with E-state index >= 15 is 0 Å². The number of likely N-dealkylation sites (N-methyl/N-ethyl adjacent to an activating group) is 1. The molecule has 0 aromatic heterocycles. The highest BCUT2D eigenvalue weighted by Gasteiger charge is 2.26. The van der Waals surface area contributed by atoms with E-state index in [4.69, 9.17) is 4.74 Å². The zero-order valence-corrected chi connectivity index (χ0v) is 10.6. The molecule has 0 amide bonds. The molecule has 0 aromatic carbocycles. The van der Waals surface area contributed by atoms with E-state index < -0.39 is 0 Å². The third-order valence-electron chi connectivity index (χ3n) is 4.00. The van der Waals surface area contributed by atoms with Crippen LogP contribution in [0.5, 0.6) is 0 Å². The molecule has 2 rings (SSSR count). The lowest BCUT2D eigenvalue weighted by Gasteiger charge is -2.39. The van der Waals surface area contributed by atoms with Gasteiger partial charge in [-0.1, -0.05) is 6.92 Å². The number of hydrogen-bond donors (Lipinski definition) is 1. The van der Waals surface area contributed by atoms with Gasteiger partial charge in [-0.2, -0.15) is 0 Å². The maximum atomic E-state index is 5.56. The van der Waals surface area contributed by atoms with Crippen LogP contribution in [0.25, 0.3) is 0 Å². The van der Waals surface area contributed by atoms with Gasteiger partial charge in [-0.15, -0.1) is 0 Å². The molecule has 16 heavy (non-hydrogen) atoms. The maximum absolute atomic E-state index is 5.56. The third kappa shape index (κ3) is 3.19. The number of ether oxygens (including phenoxy) is 1. The Bertz CT molecular complexity index is 184. The van der Waals surface area contributed by atoms with E-state index in [1.807, 2.05) is 0 Å². The SMILES string of the molecule is CCN(C1CCCOCC1)C1CCCNC1. The zero-order chi connectivity index (χ0) is 11.2. The van der Waals surface area contributed by atoms with Crippen LogP contribution < -0.4 is 5.32 Å².